The largest absolute Gasteiger partial charge is 0.361 e. The number of rotatable bonds is 6. The van der Waals surface area contributed by atoms with Gasteiger partial charge in [-0.3, -0.25) is 0 Å². The molecule has 96 valence electrons. The number of hydrogen-bond donors (Lipinski definition) is 1. The average molecular weight is 236 g/mol. The monoisotopic (exact) mass is 236 g/mol. The van der Waals surface area contributed by atoms with E-state index in [0.29, 0.717) is 5.92 Å². The zero-order valence-electron chi connectivity index (χ0n) is 11.6. The van der Waals surface area contributed by atoms with Gasteiger partial charge in [-0.15, -0.1) is 0 Å². The van der Waals surface area contributed by atoms with E-state index < -0.39 is 0 Å². The second kappa shape index (κ2) is 6.60. The molecule has 1 aromatic rings. The Hall–Kier alpha value is -1.09. The van der Waals surface area contributed by atoms with E-state index in [1.165, 1.54) is 5.57 Å². The van der Waals surface area contributed by atoms with E-state index in [2.05, 4.69) is 37.3 Å². The molecule has 0 saturated carbocycles. The molecule has 1 rings (SSSR count). The summed E-state index contributed by atoms with van der Waals surface area (Å²) < 4.78 is 5.17. The number of hydrogen-bond acceptors (Lipinski definition) is 3. The Kier molecular flexibility index (Phi) is 5.42. The summed E-state index contributed by atoms with van der Waals surface area (Å²) in [5.41, 5.74) is 3.49. The summed E-state index contributed by atoms with van der Waals surface area (Å²) in [5, 5.41) is 7.44. The maximum atomic E-state index is 5.17. The van der Waals surface area contributed by atoms with Crippen LogP contribution in [0.2, 0.25) is 0 Å². The molecule has 0 atom stereocenters. The predicted octanol–water partition coefficient (Wildman–Crippen LogP) is 3.33. The lowest BCUT2D eigenvalue weighted by Crippen LogP contribution is -2.21. The van der Waals surface area contributed by atoms with Crippen LogP contribution in [0.4, 0.5) is 0 Å². The lowest BCUT2D eigenvalue weighted by molar-refractivity contribution is 0.393. The van der Waals surface area contributed by atoms with Crippen molar-refractivity contribution in [2.45, 2.75) is 41.0 Å². The fourth-order valence-electron chi connectivity index (χ4n) is 1.70. The Morgan fingerprint density at radius 2 is 2.12 bits per heavy atom. The van der Waals surface area contributed by atoms with E-state index in [1.807, 2.05) is 13.8 Å². The summed E-state index contributed by atoms with van der Waals surface area (Å²) >= 11 is 0. The number of nitrogens with zero attached hydrogens (tertiary/aromatic N) is 1. The van der Waals surface area contributed by atoms with Crippen LogP contribution in [0.25, 0.3) is 6.08 Å². The molecule has 1 N–H and O–H groups in total. The fraction of sp³-hybridized carbons (Fsp3) is 0.643. The first-order chi connectivity index (χ1) is 8.04. The van der Waals surface area contributed by atoms with E-state index >= 15 is 0 Å². The standard InChI is InChI=1S/C14H24N2O/c1-6-13(9-15-8-10(2)3)7-14-11(4)16-17-12(14)5/h7,10,15H,6,8-9H2,1-5H3. The van der Waals surface area contributed by atoms with Gasteiger partial charge in [0.1, 0.15) is 5.76 Å². The first-order valence-electron chi connectivity index (χ1n) is 6.37. The van der Waals surface area contributed by atoms with Crippen molar-refractivity contribution < 1.29 is 4.52 Å². The minimum Gasteiger partial charge on any atom is -0.361 e. The van der Waals surface area contributed by atoms with E-state index in [1.54, 1.807) is 0 Å². The molecule has 0 amide bonds. The lowest BCUT2D eigenvalue weighted by atomic mass is 10.1. The highest BCUT2D eigenvalue weighted by atomic mass is 16.5. The number of nitrogens with one attached hydrogen (secondary N) is 1. The van der Waals surface area contributed by atoms with Crippen LogP contribution in [0, 0.1) is 19.8 Å². The third-order valence-corrected chi connectivity index (χ3v) is 2.80. The van der Waals surface area contributed by atoms with Crippen LogP contribution in [0.5, 0.6) is 0 Å². The number of aryl methyl sites for hydroxylation is 2. The van der Waals surface area contributed by atoms with Crippen molar-refractivity contribution in [3.05, 3.63) is 22.6 Å². The molecule has 0 fully saturated rings. The van der Waals surface area contributed by atoms with Crippen molar-refractivity contribution >= 4 is 6.08 Å². The van der Waals surface area contributed by atoms with Gasteiger partial charge in [-0.25, -0.2) is 0 Å². The molecule has 0 aliphatic rings. The molecule has 0 radical (unpaired) electrons. The molecule has 0 bridgehead atoms. The van der Waals surface area contributed by atoms with Gasteiger partial charge < -0.3 is 9.84 Å². The van der Waals surface area contributed by atoms with Crippen molar-refractivity contribution in [3.63, 3.8) is 0 Å². The van der Waals surface area contributed by atoms with Crippen molar-refractivity contribution in [2.24, 2.45) is 5.92 Å². The summed E-state index contributed by atoms with van der Waals surface area (Å²) in [4.78, 5) is 0. The van der Waals surface area contributed by atoms with E-state index in [-0.39, 0.29) is 0 Å². The summed E-state index contributed by atoms with van der Waals surface area (Å²) in [6.07, 6.45) is 3.25. The molecule has 1 heterocycles. The van der Waals surface area contributed by atoms with Gasteiger partial charge in [0.05, 0.1) is 5.69 Å². The Balaban J connectivity index is 2.67. The molecule has 0 saturated heterocycles. The summed E-state index contributed by atoms with van der Waals surface area (Å²) in [6.45, 7) is 12.6. The molecule has 17 heavy (non-hydrogen) atoms. The second-order valence-electron chi connectivity index (χ2n) is 4.92. The maximum Gasteiger partial charge on any atom is 0.141 e. The molecule has 0 aromatic carbocycles. The minimum absolute atomic E-state index is 0.687. The smallest absolute Gasteiger partial charge is 0.141 e. The molecule has 0 aliphatic heterocycles. The second-order valence-corrected chi connectivity index (χ2v) is 4.92. The fourth-order valence-corrected chi connectivity index (χ4v) is 1.70. The summed E-state index contributed by atoms with van der Waals surface area (Å²) in [6, 6.07) is 0. The number of aromatic nitrogens is 1. The molecule has 3 heteroatoms. The van der Waals surface area contributed by atoms with Gasteiger partial charge >= 0.3 is 0 Å². The highest BCUT2D eigenvalue weighted by molar-refractivity contribution is 5.56. The normalized spacial score (nSPS) is 12.5. The van der Waals surface area contributed by atoms with Crippen molar-refractivity contribution in [3.8, 4) is 0 Å². The summed E-state index contributed by atoms with van der Waals surface area (Å²) in [5.74, 6) is 1.59. The van der Waals surface area contributed by atoms with Gasteiger partial charge in [0, 0.05) is 12.1 Å². The van der Waals surface area contributed by atoms with Gasteiger partial charge in [0.25, 0.3) is 0 Å². The van der Waals surface area contributed by atoms with Crippen molar-refractivity contribution in [2.75, 3.05) is 13.1 Å². The molecular weight excluding hydrogens is 212 g/mol. The van der Waals surface area contributed by atoms with Crippen LogP contribution in [-0.2, 0) is 0 Å². The SMILES string of the molecule is CCC(=Cc1c(C)noc1C)CNCC(C)C. The molecule has 1 aromatic heterocycles. The molecule has 0 unspecified atom stereocenters. The third-order valence-electron chi connectivity index (χ3n) is 2.80. The predicted molar refractivity (Wildman–Crippen MR) is 72.0 cm³/mol. The zero-order chi connectivity index (χ0) is 12.8. The Morgan fingerprint density at radius 3 is 2.59 bits per heavy atom. The summed E-state index contributed by atoms with van der Waals surface area (Å²) in [7, 11) is 0. The minimum atomic E-state index is 0.687. The van der Waals surface area contributed by atoms with Crippen molar-refractivity contribution in [1.82, 2.24) is 10.5 Å². The van der Waals surface area contributed by atoms with Gasteiger partial charge in [-0.1, -0.05) is 31.5 Å². The van der Waals surface area contributed by atoms with Crippen LogP contribution in [0.15, 0.2) is 10.1 Å². The topological polar surface area (TPSA) is 38.1 Å². The van der Waals surface area contributed by atoms with Crippen LogP contribution in [-0.4, -0.2) is 18.2 Å². The van der Waals surface area contributed by atoms with Crippen LogP contribution in [0.3, 0.4) is 0 Å². The Labute approximate surface area is 104 Å². The van der Waals surface area contributed by atoms with Gasteiger partial charge in [-0.05, 0) is 38.8 Å². The first kappa shape index (κ1) is 14.0. The van der Waals surface area contributed by atoms with E-state index in [4.69, 9.17) is 4.52 Å². The molecule has 3 nitrogen and oxygen atoms in total. The highest BCUT2D eigenvalue weighted by Gasteiger charge is 2.07. The van der Waals surface area contributed by atoms with Crippen LogP contribution >= 0.6 is 0 Å². The van der Waals surface area contributed by atoms with Crippen molar-refractivity contribution in [1.29, 1.82) is 0 Å². The van der Waals surface area contributed by atoms with E-state index in [0.717, 1.165) is 36.5 Å². The Morgan fingerprint density at radius 1 is 1.41 bits per heavy atom. The quantitative estimate of drug-likeness (QED) is 0.823. The average Bonchev–Trinajstić information content (AvgIpc) is 2.58. The van der Waals surface area contributed by atoms with Gasteiger partial charge in [0.2, 0.25) is 0 Å². The lowest BCUT2D eigenvalue weighted by Gasteiger charge is -2.09. The first-order valence-corrected chi connectivity index (χ1v) is 6.37. The Bertz CT molecular complexity index is 358. The van der Waals surface area contributed by atoms with Gasteiger partial charge in [-0.2, -0.15) is 0 Å². The third kappa shape index (κ3) is 4.35. The molecular formula is C14H24N2O. The molecule has 0 spiro atoms. The van der Waals surface area contributed by atoms with E-state index in [9.17, 15) is 0 Å². The zero-order valence-corrected chi connectivity index (χ0v) is 11.6. The molecule has 0 aliphatic carbocycles. The van der Waals surface area contributed by atoms with Crippen LogP contribution < -0.4 is 5.32 Å². The highest BCUT2D eigenvalue weighted by Crippen LogP contribution is 2.17. The maximum absolute atomic E-state index is 5.17. The van der Waals surface area contributed by atoms with Crippen LogP contribution in [0.1, 0.15) is 44.2 Å². The van der Waals surface area contributed by atoms with Gasteiger partial charge in [0.15, 0.2) is 0 Å².